The molecule has 5 aromatic rings. The molecule has 0 radical (unpaired) electrons. The van der Waals surface area contributed by atoms with Crippen molar-refractivity contribution in [2.24, 2.45) is 5.84 Å². The van der Waals surface area contributed by atoms with Crippen molar-refractivity contribution in [2.45, 2.75) is 58.5 Å². The lowest BCUT2D eigenvalue weighted by Gasteiger charge is -2.22. The highest BCUT2D eigenvalue weighted by Crippen LogP contribution is 2.29. The molecule has 1 amide bonds. The number of rotatable bonds is 10. The van der Waals surface area contributed by atoms with Crippen LogP contribution in [0.15, 0.2) is 91.3 Å². The van der Waals surface area contributed by atoms with Gasteiger partial charge in [0.1, 0.15) is 11.9 Å². The second-order valence-corrected chi connectivity index (χ2v) is 12.4. The molecule has 1 aliphatic rings. The lowest BCUT2D eigenvalue weighted by molar-refractivity contribution is -0.124. The topological polar surface area (TPSA) is 98.3 Å². The summed E-state index contributed by atoms with van der Waals surface area (Å²) >= 11 is 3.85. The van der Waals surface area contributed by atoms with E-state index in [1.807, 2.05) is 36.5 Å². The summed E-state index contributed by atoms with van der Waals surface area (Å²) in [5.41, 5.74) is 9.55. The molecule has 2 heterocycles. The smallest absolute Gasteiger partial charge is 0.265 e. The fraction of sp³-hybridized carbons (Fsp3) is 0.270. The van der Waals surface area contributed by atoms with Gasteiger partial charge in [-0.25, -0.2) is 20.2 Å². The van der Waals surface area contributed by atoms with Crippen LogP contribution in [0.3, 0.4) is 0 Å². The van der Waals surface area contributed by atoms with E-state index in [-0.39, 0.29) is 18.6 Å². The van der Waals surface area contributed by atoms with Crippen LogP contribution in [0.4, 0.5) is 5.69 Å². The van der Waals surface area contributed by atoms with E-state index in [0.29, 0.717) is 12.3 Å². The van der Waals surface area contributed by atoms with Crippen molar-refractivity contribution in [3.05, 3.63) is 114 Å². The van der Waals surface area contributed by atoms with Crippen molar-refractivity contribution in [2.75, 3.05) is 11.9 Å². The normalized spacial score (nSPS) is 13.4. The van der Waals surface area contributed by atoms with Crippen LogP contribution >= 0.6 is 12.8 Å². The van der Waals surface area contributed by atoms with Crippen molar-refractivity contribution < 1.29 is 9.53 Å². The van der Waals surface area contributed by atoms with Gasteiger partial charge in [-0.15, -0.1) is 0 Å². The van der Waals surface area contributed by atoms with E-state index < -0.39 is 0 Å². The average molecular weight is 633 g/mol. The van der Waals surface area contributed by atoms with Gasteiger partial charge in [0.2, 0.25) is 5.88 Å². The SMILES string of the molecule is Cc1ccc(-c2cn(-c3ccc(NCC(=O)N(N)S)cc3)c(Cc3ccc(-c4ccc(OC5CCCCC5)nc4)cc3)n2)c(C)c1. The molecular formula is C37H40N6O2S. The largest absolute Gasteiger partial charge is 0.474 e. The average Bonchev–Trinajstić information content (AvgIpc) is 3.48. The number of nitrogens with two attached hydrogens (primary N) is 1. The zero-order valence-corrected chi connectivity index (χ0v) is 27.2. The van der Waals surface area contributed by atoms with Gasteiger partial charge in [-0.2, -0.15) is 0 Å². The third-order valence-corrected chi connectivity index (χ3v) is 8.73. The zero-order chi connectivity index (χ0) is 32.0. The van der Waals surface area contributed by atoms with Gasteiger partial charge in [-0.1, -0.05) is 54.4 Å². The number of carbonyl (C=O) groups excluding carboxylic acids is 1. The molecule has 1 saturated carbocycles. The highest BCUT2D eigenvalue weighted by Gasteiger charge is 2.16. The second kappa shape index (κ2) is 14.2. The molecule has 3 N–H and O–H groups in total. The molecule has 46 heavy (non-hydrogen) atoms. The van der Waals surface area contributed by atoms with Crippen molar-refractivity contribution in [3.8, 4) is 34.0 Å². The number of ether oxygens (including phenoxy) is 1. The number of aromatic nitrogens is 3. The number of aryl methyl sites for hydroxylation is 2. The Morgan fingerprint density at radius 1 is 0.978 bits per heavy atom. The van der Waals surface area contributed by atoms with Crippen molar-refractivity contribution in [1.82, 2.24) is 18.9 Å². The summed E-state index contributed by atoms with van der Waals surface area (Å²) in [5.74, 6) is 6.72. The minimum absolute atomic E-state index is 0.0525. The first-order chi connectivity index (χ1) is 22.3. The molecule has 236 valence electrons. The number of thiol groups is 1. The summed E-state index contributed by atoms with van der Waals surface area (Å²) < 4.78 is 9.04. The van der Waals surface area contributed by atoms with Gasteiger partial charge >= 0.3 is 0 Å². The van der Waals surface area contributed by atoms with Crippen LogP contribution in [-0.4, -0.2) is 37.5 Å². The van der Waals surface area contributed by atoms with E-state index in [1.165, 1.54) is 30.4 Å². The molecule has 8 nitrogen and oxygen atoms in total. The number of hydrogen-bond acceptors (Lipinski definition) is 7. The predicted octanol–water partition coefficient (Wildman–Crippen LogP) is 7.48. The maximum Gasteiger partial charge on any atom is 0.265 e. The molecular weight excluding hydrogens is 593 g/mol. The number of nitrogens with one attached hydrogen (secondary N) is 1. The minimum atomic E-state index is -0.328. The summed E-state index contributed by atoms with van der Waals surface area (Å²) in [5, 5.41) is 3.09. The Labute approximate surface area is 276 Å². The number of nitrogens with zero attached hydrogens (tertiary/aromatic N) is 4. The Kier molecular flexibility index (Phi) is 9.71. The van der Waals surface area contributed by atoms with Gasteiger partial charge in [0, 0.05) is 47.4 Å². The van der Waals surface area contributed by atoms with Gasteiger partial charge in [0.05, 0.1) is 12.2 Å². The van der Waals surface area contributed by atoms with Crippen LogP contribution in [0, 0.1) is 13.8 Å². The molecule has 0 saturated heterocycles. The summed E-state index contributed by atoms with van der Waals surface area (Å²) in [7, 11) is 0. The fourth-order valence-electron chi connectivity index (χ4n) is 5.97. The molecule has 2 aromatic heterocycles. The summed E-state index contributed by atoms with van der Waals surface area (Å²) in [6.07, 6.45) is 10.9. The van der Waals surface area contributed by atoms with Crippen molar-refractivity contribution >= 4 is 24.4 Å². The van der Waals surface area contributed by atoms with E-state index >= 15 is 0 Å². The monoisotopic (exact) mass is 632 g/mol. The molecule has 0 bridgehead atoms. The zero-order valence-electron chi connectivity index (χ0n) is 26.3. The maximum atomic E-state index is 11.8. The third-order valence-electron chi connectivity index (χ3n) is 8.51. The molecule has 0 unspecified atom stereocenters. The van der Waals surface area contributed by atoms with E-state index in [1.54, 1.807) is 0 Å². The Balaban J connectivity index is 1.22. The van der Waals surface area contributed by atoms with E-state index in [4.69, 9.17) is 15.6 Å². The number of benzene rings is 3. The molecule has 0 atom stereocenters. The quantitative estimate of drug-likeness (QED) is 0.0639. The summed E-state index contributed by atoms with van der Waals surface area (Å²) in [4.78, 5) is 21.6. The summed E-state index contributed by atoms with van der Waals surface area (Å²) in [6, 6.07) is 27.0. The summed E-state index contributed by atoms with van der Waals surface area (Å²) in [6.45, 7) is 4.28. The Morgan fingerprint density at radius 3 is 2.39 bits per heavy atom. The highest BCUT2D eigenvalue weighted by atomic mass is 32.1. The first-order valence-electron chi connectivity index (χ1n) is 15.8. The van der Waals surface area contributed by atoms with E-state index in [2.05, 4.69) is 96.3 Å². The van der Waals surface area contributed by atoms with Crippen LogP contribution in [0.1, 0.15) is 54.6 Å². The minimum Gasteiger partial charge on any atom is -0.474 e. The third kappa shape index (κ3) is 7.61. The van der Waals surface area contributed by atoms with Crippen molar-refractivity contribution in [3.63, 3.8) is 0 Å². The van der Waals surface area contributed by atoms with Gasteiger partial charge in [-0.05, 0) is 99.4 Å². The maximum absolute atomic E-state index is 11.8. The molecule has 6 rings (SSSR count). The first-order valence-corrected chi connectivity index (χ1v) is 16.2. The molecule has 3 aromatic carbocycles. The van der Waals surface area contributed by atoms with Gasteiger partial charge in [-0.3, -0.25) is 4.79 Å². The molecule has 0 spiro atoms. The van der Waals surface area contributed by atoms with E-state index in [0.717, 1.165) is 62.4 Å². The van der Waals surface area contributed by atoms with Crippen molar-refractivity contribution in [1.29, 1.82) is 0 Å². The number of hydrazine groups is 1. The molecule has 9 heteroatoms. The van der Waals surface area contributed by atoms with Crippen LogP contribution in [0.2, 0.25) is 0 Å². The first kappa shape index (κ1) is 31.4. The Hall–Kier alpha value is -4.60. The second-order valence-electron chi connectivity index (χ2n) is 12.0. The number of carbonyl (C=O) groups is 1. The van der Waals surface area contributed by atoms with Gasteiger partial charge in [0.25, 0.3) is 5.91 Å². The number of hydrogen-bond donors (Lipinski definition) is 3. The molecule has 1 aliphatic carbocycles. The number of amides is 1. The van der Waals surface area contributed by atoms with Crippen LogP contribution < -0.4 is 15.9 Å². The fourth-order valence-corrected chi connectivity index (χ4v) is 6.04. The highest BCUT2D eigenvalue weighted by molar-refractivity contribution is 7.78. The van der Waals surface area contributed by atoms with Crippen LogP contribution in [-0.2, 0) is 11.2 Å². The Morgan fingerprint density at radius 2 is 1.72 bits per heavy atom. The Bertz CT molecular complexity index is 1780. The lowest BCUT2D eigenvalue weighted by atomic mass is 9.98. The predicted molar refractivity (Wildman–Crippen MR) is 187 cm³/mol. The number of imidazole rings is 1. The van der Waals surface area contributed by atoms with Crippen LogP contribution in [0.5, 0.6) is 5.88 Å². The number of anilines is 1. The lowest BCUT2D eigenvalue weighted by Crippen LogP contribution is -2.33. The molecule has 1 fully saturated rings. The van der Waals surface area contributed by atoms with Gasteiger partial charge < -0.3 is 14.6 Å². The standard InChI is InChI=1S/C37H40N6O2S/c1-25-8-18-33(26(2)20-25)34-24-42(31-16-14-30(15-17-31)39-23-37(44)43(38)46)35(41-34)21-27-9-11-28(12-10-27)29-13-19-36(40-22-29)45-32-6-4-3-5-7-32/h8-20,22,24,32,39,46H,3-7,21,23,38H2,1-2H3. The van der Waals surface area contributed by atoms with E-state index in [9.17, 15) is 4.79 Å². The number of pyridine rings is 1. The van der Waals surface area contributed by atoms with Gasteiger partial charge in [0.15, 0.2) is 0 Å². The van der Waals surface area contributed by atoms with Crippen LogP contribution in [0.25, 0.3) is 28.1 Å². The molecule has 0 aliphatic heterocycles.